The van der Waals surface area contributed by atoms with Gasteiger partial charge in [-0.05, 0) is 39.5 Å². The lowest BCUT2D eigenvalue weighted by Gasteiger charge is -2.28. The molecule has 2 heterocycles. The van der Waals surface area contributed by atoms with Crippen molar-refractivity contribution in [3.63, 3.8) is 0 Å². The van der Waals surface area contributed by atoms with Crippen molar-refractivity contribution in [2.24, 2.45) is 0 Å². The van der Waals surface area contributed by atoms with Crippen LogP contribution in [0.1, 0.15) is 37.2 Å². The monoisotopic (exact) mass is 222 g/mol. The van der Waals surface area contributed by atoms with E-state index in [0.29, 0.717) is 5.92 Å². The average molecular weight is 222 g/mol. The zero-order valence-corrected chi connectivity index (χ0v) is 10.3. The summed E-state index contributed by atoms with van der Waals surface area (Å²) in [5, 5.41) is 3.29. The fraction of sp³-hybridized carbons (Fsp3) is 0.750. The van der Waals surface area contributed by atoms with Crippen molar-refractivity contribution in [3.8, 4) is 0 Å². The number of imidazole rings is 1. The van der Waals surface area contributed by atoms with Crippen molar-refractivity contribution in [1.82, 2.24) is 20.2 Å². The SMILES string of the molecule is CCNCc1ncc(C2CCN(C)CC2)[nH]1. The summed E-state index contributed by atoms with van der Waals surface area (Å²) in [6, 6.07) is 0. The van der Waals surface area contributed by atoms with Crippen molar-refractivity contribution >= 4 is 0 Å². The lowest BCUT2D eigenvalue weighted by Crippen LogP contribution is -2.29. The van der Waals surface area contributed by atoms with Gasteiger partial charge in [-0.1, -0.05) is 6.92 Å². The Kier molecular flexibility index (Phi) is 3.96. The van der Waals surface area contributed by atoms with Crippen LogP contribution in [-0.2, 0) is 6.54 Å². The molecule has 0 spiro atoms. The molecule has 0 saturated carbocycles. The van der Waals surface area contributed by atoms with Crippen LogP contribution in [0, 0.1) is 0 Å². The van der Waals surface area contributed by atoms with Gasteiger partial charge >= 0.3 is 0 Å². The minimum absolute atomic E-state index is 0.680. The maximum Gasteiger partial charge on any atom is 0.120 e. The molecule has 16 heavy (non-hydrogen) atoms. The Bertz CT molecular complexity index is 313. The van der Waals surface area contributed by atoms with Crippen LogP contribution < -0.4 is 5.32 Å². The third-order valence-electron chi connectivity index (χ3n) is 3.35. The van der Waals surface area contributed by atoms with Gasteiger partial charge in [-0.25, -0.2) is 4.98 Å². The first kappa shape index (κ1) is 11.6. The Morgan fingerprint density at radius 2 is 2.25 bits per heavy atom. The molecule has 0 aliphatic carbocycles. The average Bonchev–Trinajstić information content (AvgIpc) is 2.76. The molecule has 1 aromatic rings. The number of hydrogen-bond donors (Lipinski definition) is 2. The number of rotatable bonds is 4. The zero-order chi connectivity index (χ0) is 11.4. The molecule has 1 fully saturated rings. The fourth-order valence-electron chi connectivity index (χ4n) is 2.24. The van der Waals surface area contributed by atoms with E-state index in [0.717, 1.165) is 18.9 Å². The van der Waals surface area contributed by atoms with Crippen LogP contribution in [0.15, 0.2) is 6.20 Å². The van der Waals surface area contributed by atoms with Crippen LogP contribution in [0.2, 0.25) is 0 Å². The first-order chi connectivity index (χ1) is 7.79. The van der Waals surface area contributed by atoms with Gasteiger partial charge in [0.2, 0.25) is 0 Å². The van der Waals surface area contributed by atoms with Crippen LogP contribution in [0.5, 0.6) is 0 Å². The van der Waals surface area contributed by atoms with E-state index in [4.69, 9.17) is 0 Å². The minimum Gasteiger partial charge on any atom is -0.345 e. The number of nitrogens with zero attached hydrogens (tertiary/aromatic N) is 2. The first-order valence-corrected chi connectivity index (χ1v) is 6.22. The number of H-pyrrole nitrogens is 1. The number of aromatic nitrogens is 2. The lowest BCUT2D eigenvalue weighted by atomic mass is 9.94. The van der Waals surface area contributed by atoms with E-state index in [9.17, 15) is 0 Å². The van der Waals surface area contributed by atoms with Crippen molar-refractivity contribution in [2.45, 2.75) is 32.2 Å². The molecule has 0 amide bonds. The van der Waals surface area contributed by atoms with Gasteiger partial charge in [0.05, 0.1) is 6.54 Å². The highest BCUT2D eigenvalue weighted by molar-refractivity contribution is 5.08. The maximum absolute atomic E-state index is 4.42. The summed E-state index contributed by atoms with van der Waals surface area (Å²) in [6.07, 6.45) is 4.52. The van der Waals surface area contributed by atoms with E-state index in [1.807, 2.05) is 6.20 Å². The van der Waals surface area contributed by atoms with E-state index in [1.165, 1.54) is 31.6 Å². The van der Waals surface area contributed by atoms with Crippen molar-refractivity contribution in [1.29, 1.82) is 0 Å². The van der Waals surface area contributed by atoms with Crippen LogP contribution >= 0.6 is 0 Å². The smallest absolute Gasteiger partial charge is 0.120 e. The molecule has 4 heteroatoms. The molecule has 2 rings (SSSR count). The molecule has 0 aromatic carbocycles. The van der Waals surface area contributed by atoms with Crippen LogP contribution in [0.4, 0.5) is 0 Å². The van der Waals surface area contributed by atoms with Gasteiger partial charge in [0.25, 0.3) is 0 Å². The third kappa shape index (κ3) is 2.83. The Hall–Kier alpha value is -0.870. The van der Waals surface area contributed by atoms with Gasteiger partial charge in [-0.2, -0.15) is 0 Å². The summed E-state index contributed by atoms with van der Waals surface area (Å²) in [5.74, 6) is 1.75. The molecule has 0 radical (unpaired) electrons. The molecule has 90 valence electrons. The van der Waals surface area contributed by atoms with E-state index in [1.54, 1.807) is 0 Å². The molecular weight excluding hydrogens is 200 g/mol. The van der Waals surface area contributed by atoms with Crippen molar-refractivity contribution in [2.75, 3.05) is 26.7 Å². The topological polar surface area (TPSA) is 44.0 Å². The number of piperidine rings is 1. The highest BCUT2D eigenvalue weighted by Crippen LogP contribution is 2.25. The molecule has 1 aliphatic heterocycles. The van der Waals surface area contributed by atoms with Gasteiger partial charge in [-0.3, -0.25) is 0 Å². The largest absolute Gasteiger partial charge is 0.345 e. The van der Waals surface area contributed by atoms with E-state index < -0.39 is 0 Å². The Balaban J connectivity index is 1.91. The number of nitrogens with one attached hydrogen (secondary N) is 2. The Labute approximate surface area is 97.4 Å². The van der Waals surface area contributed by atoms with E-state index in [2.05, 4.69) is 34.2 Å². The fourth-order valence-corrected chi connectivity index (χ4v) is 2.24. The molecule has 0 bridgehead atoms. The summed E-state index contributed by atoms with van der Waals surface area (Å²) in [6.45, 7) is 6.35. The molecule has 1 aromatic heterocycles. The second-order valence-electron chi connectivity index (χ2n) is 4.64. The maximum atomic E-state index is 4.42. The van der Waals surface area contributed by atoms with Crippen LogP contribution in [0.25, 0.3) is 0 Å². The van der Waals surface area contributed by atoms with Crippen molar-refractivity contribution < 1.29 is 0 Å². The second-order valence-corrected chi connectivity index (χ2v) is 4.64. The molecule has 0 atom stereocenters. The second kappa shape index (κ2) is 5.46. The Morgan fingerprint density at radius 1 is 1.50 bits per heavy atom. The van der Waals surface area contributed by atoms with Crippen LogP contribution in [0.3, 0.4) is 0 Å². The zero-order valence-electron chi connectivity index (χ0n) is 10.3. The molecule has 0 unspecified atom stereocenters. The first-order valence-electron chi connectivity index (χ1n) is 6.22. The molecule has 2 N–H and O–H groups in total. The van der Waals surface area contributed by atoms with Gasteiger partial charge in [0.1, 0.15) is 5.82 Å². The highest BCUT2D eigenvalue weighted by atomic mass is 15.1. The normalized spacial score (nSPS) is 19.1. The van der Waals surface area contributed by atoms with Crippen LogP contribution in [-0.4, -0.2) is 41.5 Å². The molecule has 1 aliphatic rings. The summed E-state index contributed by atoms with van der Waals surface area (Å²) < 4.78 is 0. The molecular formula is C12H22N4. The van der Waals surface area contributed by atoms with Crippen molar-refractivity contribution in [3.05, 3.63) is 17.7 Å². The van der Waals surface area contributed by atoms with Gasteiger partial charge in [0, 0.05) is 17.8 Å². The quantitative estimate of drug-likeness (QED) is 0.807. The third-order valence-corrected chi connectivity index (χ3v) is 3.35. The van der Waals surface area contributed by atoms with E-state index >= 15 is 0 Å². The molecule has 1 saturated heterocycles. The van der Waals surface area contributed by atoms with E-state index in [-0.39, 0.29) is 0 Å². The predicted molar refractivity (Wildman–Crippen MR) is 65.4 cm³/mol. The van der Waals surface area contributed by atoms with Gasteiger partial charge in [0.15, 0.2) is 0 Å². The lowest BCUT2D eigenvalue weighted by molar-refractivity contribution is 0.253. The number of aromatic amines is 1. The van der Waals surface area contributed by atoms with Gasteiger partial charge in [-0.15, -0.1) is 0 Å². The number of hydrogen-bond acceptors (Lipinski definition) is 3. The summed E-state index contributed by atoms with van der Waals surface area (Å²) in [7, 11) is 2.19. The highest BCUT2D eigenvalue weighted by Gasteiger charge is 2.19. The minimum atomic E-state index is 0.680. The summed E-state index contributed by atoms with van der Waals surface area (Å²) in [4.78, 5) is 10.3. The summed E-state index contributed by atoms with van der Waals surface area (Å²) in [5.41, 5.74) is 1.32. The van der Waals surface area contributed by atoms with Gasteiger partial charge < -0.3 is 15.2 Å². The predicted octanol–water partition coefficient (Wildman–Crippen LogP) is 1.33. The standard InChI is InChI=1S/C12H22N4/c1-3-13-9-12-14-8-11(15-12)10-4-6-16(2)7-5-10/h8,10,13H,3-7,9H2,1-2H3,(H,14,15). The number of likely N-dealkylation sites (tertiary alicyclic amines) is 1. The Morgan fingerprint density at radius 3 is 2.94 bits per heavy atom. The summed E-state index contributed by atoms with van der Waals surface area (Å²) >= 11 is 0. The molecule has 4 nitrogen and oxygen atoms in total.